The van der Waals surface area contributed by atoms with E-state index in [-0.39, 0.29) is 0 Å². The molecule has 0 saturated carbocycles. The van der Waals surface area contributed by atoms with Gasteiger partial charge >= 0.3 is 0 Å². The van der Waals surface area contributed by atoms with Crippen LogP contribution in [0, 0.1) is 5.92 Å². The number of hydrogen-bond donors (Lipinski definition) is 1. The van der Waals surface area contributed by atoms with E-state index in [2.05, 4.69) is 22.1 Å². The molecule has 1 aliphatic rings. The van der Waals surface area contributed by atoms with Gasteiger partial charge in [0.05, 0.1) is 12.2 Å². The second-order valence-corrected chi connectivity index (χ2v) is 5.07. The predicted molar refractivity (Wildman–Crippen MR) is 67.4 cm³/mol. The molecule has 1 saturated heterocycles. The summed E-state index contributed by atoms with van der Waals surface area (Å²) in [5.41, 5.74) is 6.55. The fourth-order valence-corrected chi connectivity index (χ4v) is 2.36. The third-order valence-electron chi connectivity index (χ3n) is 3.44. The van der Waals surface area contributed by atoms with Crippen LogP contribution in [0.2, 0.25) is 0 Å². The Morgan fingerprint density at radius 3 is 3.12 bits per heavy atom. The highest BCUT2D eigenvalue weighted by Crippen LogP contribution is 2.17. The van der Waals surface area contributed by atoms with Crippen molar-refractivity contribution in [3.8, 4) is 0 Å². The van der Waals surface area contributed by atoms with E-state index in [4.69, 9.17) is 5.73 Å². The zero-order chi connectivity index (χ0) is 12.1. The highest BCUT2D eigenvalue weighted by Gasteiger charge is 2.14. The first-order valence-corrected chi connectivity index (χ1v) is 6.59. The van der Waals surface area contributed by atoms with Gasteiger partial charge in [-0.3, -0.25) is 9.58 Å². The average Bonchev–Trinajstić information content (AvgIpc) is 2.63. The number of likely N-dealkylation sites (tertiary alicyclic amines) is 1. The van der Waals surface area contributed by atoms with Gasteiger partial charge < -0.3 is 5.73 Å². The van der Waals surface area contributed by atoms with Gasteiger partial charge in [0.25, 0.3) is 0 Å². The first-order chi connectivity index (χ1) is 8.28. The van der Waals surface area contributed by atoms with Crippen LogP contribution in [0.3, 0.4) is 0 Å². The second kappa shape index (κ2) is 6.12. The van der Waals surface area contributed by atoms with Crippen LogP contribution in [0.25, 0.3) is 0 Å². The lowest BCUT2D eigenvalue weighted by Crippen LogP contribution is -2.24. The molecule has 2 rings (SSSR count). The molecule has 1 atom stereocenters. The Morgan fingerprint density at radius 2 is 2.29 bits per heavy atom. The van der Waals surface area contributed by atoms with Crippen molar-refractivity contribution in [2.24, 2.45) is 11.7 Å². The standard InChI is InChI=1S/C12H23N5/c1-11-3-2-6-16(7-4-11)9-12-10-17(8-5-13)15-14-12/h10-11H,2-9,13H2,1H3. The van der Waals surface area contributed by atoms with Gasteiger partial charge in [-0.25, -0.2) is 0 Å². The molecule has 0 bridgehead atoms. The van der Waals surface area contributed by atoms with Crippen molar-refractivity contribution in [2.45, 2.75) is 39.3 Å². The molecule has 0 spiro atoms. The zero-order valence-electron chi connectivity index (χ0n) is 10.7. The van der Waals surface area contributed by atoms with Gasteiger partial charge in [-0.15, -0.1) is 5.10 Å². The highest BCUT2D eigenvalue weighted by molar-refractivity contribution is 4.92. The van der Waals surface area contributed by atoms with Crippen molar-refractivity contribution in [1.82, 2.24) is 19.9 Å². The molecular formula is C12H23N5. The van der Waals surface area contributed by atoms with E-state index in [1.807, 2.05) is 10.9 Å². The van der Waals surface area contributed by atoms with Crippen molar-refractivity contribution in [3.63, 3.8) is 0 Å². The van der Waals surface area contributed by atoms with Crippen LogP contribution in [0.1, 0.15) is 31.9 Å². The highest BCUT2D eigenvalue weighted by atomic mass is 15.4. The van der Waals surface area contributed by atoms with E-state index in [1.165, 1.54) is 32.4 Å². The van der Waals surface area contributed by atoms with E-state index >= 15 is 0 Å². The molecule has 2 N–H and O–H groups in total. The van der Waals surface area contributed by atoms with Crippen molar-refractivity contribution < 1.29 is 0 Å². The summed E-state index contributed by atoms with van der Waals surface area (Å²) in [7, 11) is 0. The van der Waals surface area contributed by atoms with Crippen LogP contribution >= 0.6 is 0 Å². The molecule has 5 nitrogen and oxygen atoms in total. The van der Waals surface area contributed by atoms with E-state index in [9.17, 15) is 0 Å². The minimum Gasteiger partial charge on any atom is -0.329 e. The summed E-state index contributed by atoms with van der Waals surface area (Å²) >= 11 is 0. The lowest BCUT2D eigenvalue weighted by Gasteiger charge is -2.17. The van der Waals surface area contributed by atoms with Crippen LogP contribution in [0.15, 0.2) is 6.20 Å². The summed E-state index contributed by atoms with van der Waals surface area (Å²) in [6.45, 7) is 7.02. The summed E-state index contributed by atoms with van der Waals surface area (Å²) in [6, 6.07) is 0. The molecule has 1 aromatic heterocycles. The van der Waals surface area contributed by atoms with E-state index in [0.29, 0.717) is 6.54 Å². The minimum absolute atomic E-state index is 0.615. The summed E-state index contributed by atoms with van der Waals surface area (Å²) in [5, 5.41) is 8.26. The summed E-state index contributed by atoms with van der Waals surface area (Å²) in [5.74, 6) is 0.868. The third kappa shape index (κ3) is 3.78. The van der Waals surface area contributed by atoms with Crippen molar-refractivity contribution >= 4 is 0 Å². The van der Waals surface area contributed by atoms with Crippen LogP contribution in [-0.4, -0.2) is 39.5 Å². The van der Waals surface area contributed by atoms with Gasteiger partial charge in [-0.05, 0) is 38.3 Å². The lowest BCUT2D eigenvalue weighted by molar-refractivity contribution is 0.270. The van der Waals surface area contributed by atoms with Crippen LogP contribution < -0.4 is 5.73 Å². The van der Waals surface area contributed by atoms with Crippen molar-refractivity contribution in [1.29, 1.82) is 0 Å². The monoisotopic (exact) mass is 237 g/mol. The number of rotatable bonds is 4. The van der Waals surface area contributed by atoms with E-state index in [0.717, 1.165) is 24.7 Å². The van der Waals surface area contributed by atoms with E-state index < -0.39 is 0 Å². The summed E-state index contributed by atoms with van der Waals surface area (Å²) in [4.78, 5) is 2.49. The molecule has 17 heavy (non-hydrogen) atoms. The van der Waals surface area contributed by atoms with Crippen LogP contribution in [0.5, 0.6) is 0 Å². The fraction of sp³-hybridized carbons (Fsp3) is 0.833. The van der Waals surface area contributed by atoms with Crippen LogP contribution in [-0.2, 0) is 13.1 Å². The maximum absolute atomic E-state index is 5.49. The Kier molecular flexibility index (Phi) is 4.50. The SMILES string of the molecule is CC1CCCN(Cc2cn(CCN)nn2)CC1. The molecule has 0 aliphatic carbocycles. The summed E-state index contributed by atoms with van der Waals surface area (Å²) in [6.07, 6.45) is 5.98. The topological polar surface area (TPSA) is 60.0 Å². The Balaban J connectivity index is 1.86. The Hall–Kier alpha value is -0.940. The molecule has 0 aromatic carbocycles. The molecule has 0 amide bonds. The maximum Gasteiger partial charge on any atom is 0.0967 e. The molecule has 0 radical (unpaired) electrons. The molecule has 1 fully saturated rings. The largest absolute Gasteiger partial charge is 0.329 e. The first kappa shape index (κ1) is 12.5. The quantitative estimate of drug-likeness (QED) is 0.843. The minimum atomic E-state index is 0.615. The van der Waals surface area contributed by atoms with Gasteiger partial charge in [0.1, 0.15) is 0 Å². The summed E-state index contributed by atoms with van der Waals surface area (Å²) < 4.78 is 1.83. The Labute approximate surface area is 103 Å². The number of hydrogen-bond acceptors (Lipinski definition) is 4. The molecular weight excluding hydrogens is 214 g/mol. The predicted octanol–water partition coefficient (Wildman–Crippen LogP) is 0.859. The van der Waals surface area contributed by atoms with Crippen LogP contribution in [0.4, 0.5) is 0 Å². The Morgan fingerprint density at radius 1 is 1.41 bits per heavy atom. The number of nitrogens with zero attached hydrogens (tertiary/aromatic N) is 4. The third-order valence-corrected chi connectivity index (χ3v) is 3.44. The van der Waals surface area contributed by atoms with Gasteiger partial charge in [0.15, 0.2) is 0 Å². The normalized spacial score (nSPS) is 22.6. The van der Waals surface area contributed by atoms with Gasteiger partial charge in [0.2, 0.25) is 0 Å². The molecule has 1 aromatic rings. The average molecular weight is 237 g/mol. The number of aromatic nitrogens is 3. The molecule has 1 aliphatic heterocycles. The van der Waals surface area contributed by atoms with Crippen molar-refractivity contribution in [2.75, 3.05) is 19.6 Å². The second-order valence-electron chi connectivity index (χ2n) is 5.07. The zero-order valence-corrected chi connectivity index (χ0v) is 10.7. The smallest absolute Gasteiger partial charge is 0.0967 e. The van der Waals surface area contributed by atoms with Crippen molar-refractivity contribution in [3.05, 3.63) is 11.9 Å². The van der Waals surface area contributed by atoms with Gasteiger partial charge in [-0.1, -0.05) is 12.1 Å². The maximum atomic E-state index is 5.49. The molecule has 96 valence electrons. The van der Waals surface area contributed by atoms with Gasteiger partial charge in [0, 0.05) is 19.3 Å². The molecule has 1 unspecified atom stereocenters. The fourth-order valence-electron chi connectivity index (χ4n) is 2.36. The first-order valence-electron chi connectivity index (χ1n) is 6.59. The van der Waals surface area contributed by atoms with Gasteiger partial charge in [-0.2, -0.15) is 0 Å². The molecule has 5 heteroatoms. The Bertz CT molecular complexity index is 335. The lowest BCUT2D eigenvalue weighted by atomic mass is 10.0. The molecule has 2 heterocycles. The van der Waals surface area contributed by atoms with E-state index in [1.54, 1.807) is 0 Å². The number of nitrogens with two attached hydrogens (primary N) is 1.